The number of carboxylic acids is 1. The summed E-state index contributed by atoms with van der Waals surface area (Å²) in [5, 5.41) is 8.91. The van der Waals surface area contributed by atoms with E-state index >= 15 is 0 Å². The van der Waals surface area contributed by atoms with Gasteiger partial charge in [-0.25, -0.2) is 4.79 Å². The predicted octanol–water partition coefficient (Wildman–Crippen LogP) is 2.03. The molecule has 1 N–H and O–H groups in total. The summed E-state index contributed by atoms with van der Waals surface area (Å²) in [6, 6.07) is 7.81. The summed E-state index contributed by atoms with van der Waals surface area (Å²) in [6.45, 7) is 4.20. The molecule has 1 rings (SSSR count). The predicted molar refractivity (Wildman–Crippen MR) is 57.9 cm³/mol. The molecule has 15 heavy (non-hydrogen) atoms. The zero-order chi connectivity index (χ0) is 11.3. The molecule has 1 atom stereocenters. The fourth-order valence-electron chi connectivity index (χ4n) is 1.47. The normalized spacial score (nSPS) is 12.4. The van der Waals surface area contributed by atoms with E-state index in [9.17, 15) is 4.79 Å². The van der Waals surface area contributed by atoms with E-state index in [0.29, 0.717) is 13.0 Å². The van der Waals surface area contributed by atoms with Crippen LogP contribution in [0.3, 0.4) is 0 Å². The third-order valence-corrected chi connectivity index (χ3v) is 2.15. The highest BCUT2D eigenvalue weighted by molar-refractivity contribution is 5.72. The molecule has 0 fully saturated rings. The molecular weight excluding hydrogens is 192 g/mol. The number of carboxylic acid groups (broad SMARTS) is 1. The SMILES string of the molecule is CCO[C@@H](Cc1cccc(C)c1)C(=O)O. The molecule has 1 aromatic rings. The van der Waals surface area contributed by atoms with Gasteiger partial charge in [0.25, 0.3) is 0 Å². The summed E-state index contributed by atoms with van der Waals surface area (Å²) in [7, 11) is 0. The van der Waals surface area contributed by atoms with E-state index in [1.54, 1.807) is 6.92 Å². The molecule has 0 aliphatic rings. The highest BCUT2D eigenvalue weighted by Gasteiger charge is 2.17. The summed E-state index contributed by atoms with van der Waals surface area (Å²) in [5.74, 6) is -0.904. The summed E-state index contributed by atoms with van der Waals surface area (Å²) in [5.41, 5.74) is 2.13. The standard InChI is InChI=1S/C12H16O3/c1-3-15-11(12(13)14)8-10-6-4-5-9(2)7-10/h4-7,11H,3,8H2,1-2H3,(H,13,14)/t11-/m0/s1. The Hall–Kier alpha value is -1.35. The molecule has 0 saturated carbocycles. The molecule has 0 aliphatic carbocycles. The van der Waals surface area contributed by atoms with Crippen LogP contribution in [-0.2, 0) is 16.0 Å². The number of hydrogen-bond donors (Lipinski definition) is 1. The van der Waals surface area contributed by atoms with Crippen LogP contribution in [0.15, 0.2) is 24.3 Å². The van der Waals surface area contributed by atoms with Crippen molar-refractivity contribution in [3.63, 3.8) is 0 Å². The molecule has 0 spiro atoms. The van der Waals surface area contributed by atoms with Gasteiger partial charge in [-0.2, -0.15) is 0 Å². The zero-order valence-corrected chi connectivity index (χ0v) is 9.06. The van der Waals surface area contributed by atoms with Crippen LogP contribution in [0.2, 0.25) is 0 Å². The summed E-state index contributed by atoms with van der Waals surface area (Å²) in [6.07, 6.45) is -0.318. The maximum absolute atomic E-state index is 10.9. The lowest BCUT2D eigenvalue weighted by molar-refractivity contribution is -0.149. The van der Waals surface area contributed by atoms with Crippen molar-refractivity contribution >= 4 is 5.97 Å². The number of rotatable bonds is 5. The van der Waals surface area contributed by atoms with Gasteiger partial charge < -0.3 is 9.84 Å². The number of aliphatic carboxylic acids is 1. The van der Waals surface area contributed by atoms with Gasteiger partial charge in [0.15, 0.2) is 6.10 Å². The smallest absolute Gasteiger partial charge is 0.333 e. The molecule has 0 aromatic heterocycles. The highest BCUT2D eigenvalue weighted by Crippen LogP contribution is 2.09. The molecule has 0 radical (unpaired) electrons. The van der Waals surface area contributed by atoms with Gasteiger partial charge >= 0.3 is 5.97 Å². The number of benzene rings is 1. The lowest BCUT2D eigenvalue weighted by Crippen LogP contribution is -2.26. The van der Waals surface area contributed by atoms with Crippen molar-refractivity contribution in [3.05, 3.63) is 35.4 Å². The van der Waals surface area contributed by atoms with Crippen molar-refractivity contribution in [2.24, 2.45) is 0 Å². The molecule has 0 amide bonds. The second-order valence-corrected chi connectivity index (χ2v) is 3.48. The highest BCUT2D eigenvalue weighted by atomic mass is 16.5. The number of hydrogen-bond acceptors (Lipinski definition) is 2. The third kappa shape index (κ3) is 3.72. The van der Waals surface area contributed by atoms with E-state index in [4.69, 9.17) is 9.84 Å². The van der Waals surface area contributed by atoms with Crippen molar-refractivity contribution < 1.29 is 14.6 Å². The summed E-state index contributed by atoms with van der Waals surface area (Å²) < 4.78 is 5.15. The number of carbonyl (C=O) groups is 1. The van der Waals surface area contributed by atoms with Crippen molar-refractivity contribution in [1.82, 2.24) is 0 Å². The van der Waals surface area contributed by atoms with Gasteiger partial charge in [0.1, 0.15) is 0 Å². The van der Waals surface area contributed by atoms with Gasteiger partial charge in [-0.15, -0.1) is 0 Å². The lowest BCUT2D eigenvalue weighted by atomic mass is 10.1. The van der Waals surface area contributed by atoms with Crippen molar-refractivity contribution in [1.29, 1.82) is 0 Å². The molecular formula is C12H16O3. The van der Waals surface area contributed by atoms with Gasteiger partial charge in [0.2, 0.25) is 0 Å². The van der Waals surface area contributed by atoms with E-state index < -0.39 is 12.1 Å². The molecule has 0 aliphatic heterocycles. The Morgan fingerprint density at radius 3 is 2.80 bits per heavy atom. The molecule has 3 nitrogen and oxygen atoms in total. The molecule has 82 valence electrons. The van der Waals surface area contributed by atoms with Crippen LogP contribution in [0.25, 0.3) is 0 Å². The van der Waals surface area contributed by atoms with Gasteiger partial charge in [0, 0.05) is 13.0 Å². The van der Waals surface area contributed by atoms with Crippen LogP contribution < -0.4 is 0 Å². The van der Waals surface area contributed by atoms with Crippen molar-refractivity contribution in [2.45, 2.75) is 26.4 Å². The maximum Gasteiger partial charge on any atom is 0.333 e. The average Bonchev–Trinajstić information content (AvgIpc) is 2.17. The van der Waals surface area contributed by atoms with Gasteiger partial charge in [0.05, 0.1) is 0 Å². The minimum Gasteiger partial charge on any atom is -0.479 e. The number of aryl methyl sites for hydroxylation is 1. The largest absolute Gasteiger partial charge is 0.479 e. The Kier molecular flexibility index (Phi) is 4.31. The zero-order valence-electron chi connectivity index (χ0n) is 9.06. The summed E-state index contributed by atoms with van der Waals surface area (Å²) >= 11 is 0. The molecule has 0 unspecified atom stereocenters. The van der Waals surface area contributed by atoms with Gasteiger partial charge in [-0.05, 0) is 19.4 Å². The van der Waals surface area contributed by atoms with Crippen LogP contribution >= 0.6 is 0 Å². The van der Waals surface area contributed by atoms with E-state index in [0.717, 1.165) is 11.1 Å². The first-order chi connectivity index (χ1) is 7.13. The number of ether oxygens (including phenoxy) is 1. The lowest BCUT2D eigenvalue weighted by Gasteiger charge is -2.12. The Morgan fingerprint density at radius 2 is 2.27 bits per heavy atom. The first-order valence-electron chi connectivity index (χ1n) is 5.03. The fraction of sp³-hybridized carbons (Fsp3) is 0.417. The van der Waals surface area contributed by atoms with E-state index in [1.807, 2.05) is 31.2 Å². The van der Waals surface area contributed by atoms with E-state index in [1.165, 1.54) is 0 Å². The van der Waals surface area contributed by atoms with Crippen LogP contribution in [0.1, 0.15) is 18.1 Å². The first-order valence-corrected chi connectivity index (χ1v) is 5.03. The van der Waals surface area contributed by atoms with E-state index in [2.05, 4.69) is 0 Å². The topological polar surface area (TPSA) is 46.5 Å². The molecule has 0 saturated heterocycles. The molecule has 0 bridgehead atoms. The Bertz CT molecular complexity index is 333. The quantitative estimate of drug-likeness (QED) is 0.805. The minimum atomic E-state index is -0.904. The van der Waals surface area contributed by atoms with Crippen LogP contribution in [-0.4, -0.2) is 23.8 Å². The monoisotopic (exact) mass is 208 g/mol. The second-order valence-electron chi connectivity index (χ2n) is 3.48. The maximum atomic E-state index is 10.9. The van der Waals surface area contributed by atoms with Gasteiger partial charge in [-0.3, -0.25) is 0 Å². The summed E-state index contributed by atoms with van der Waals surface area (Å²) in [4.78, 5) is 10.9. The fourth-order valence-corrected chi connectivity index (χ4v) is 1.47. The Labute approximate surface area is 89.7 Å². The van der Waals surface area contributed by atoms with Crippen molar-refractivity contribution in [3.8, 4) is 0 Å². The van der Waals surface area contributed by atoms with Crippen LogP contribution in [0.4, 0.5) is 0 Å². The van der Waals surface area contributed by atoms with Crippen molar-refractivity contribution in [2.75, 3.05) is 6.61 Å². The Morgan fingerprint density at radius 1 is 1.53 bits per heavy atom. The first kappa shape index (κ1) is 11.7. The molecule has 3 heteroatoms. The van der Waals surface area contributed by atoms with Crippen LogP contribution in [0.5, 0.6) is 0 Å². The Balaban J connectivity index is 2.69. The molecule has 0 heterocycles. The van der Waals surface area contributed by atoms with E-state index in [-0.39, 0.29) is 0 Å². The van der Waals surface area contributed by atoms with Gasteiger partial charge in [-0.1, -0.05) is 29.8 Å². The minimum absolute atomic E-state index is 0.419. The third-order valence-electron chi connectivity index (χ3n) is 2.15. The van der Waals surface area contributed by atoms with Crippen LogP contribution in [0, 0.1) is 6.92 Å². The molecule has 1 aromatic carbocycles. The average molecular weight is 208 g/mol. The second kappa shape index (κ2) is 5.51.